The van der Waals surface area contributed by atoms with Crippen molar-refractivity contribution in [3.63, 3.8) is 0 Å². The van der Waals surface area contributed by atoms with Crippen LogP contribution in [0.25, 0.3) is 0 Å². The average Bonchev–Trinajstić information content (AvgIpc) is 2.67. The van der Waals surface area contributed by atoms with Crippen molar-refractivity contribution in [1.82, 2.24) is 25.4 Å². The van der Waals surface area contributed by atoms with Gasteiger partial charge in [0.2, 0.25) is 5.82 Å². The fraction of sp³-hybridized carbons (Fsp3) is 0. The van der Waals surface area contributed by atoms with Gasteiger partial charge in [0.25, 0.3) is 5.91 Å². The quantitative estimate of drug-likeness (QED) is 0.499. The average molecular weight is 353 g/mol. The van der Waals surface area contributed by atoms with Crippen LogP contribution in [0.2, 0.25) is 0 Å². The van der Waals surface area contributed by atoms with Crippen molar-refractivity contribution >= 4 is 17.4 Å². The molecule has 0 aromatic carbocycles. The molecule has 130 valence electrons. The minimum Gasteiger partial charge on any atom is -0.432 e. The van der Waals surface area contributed by atoms with Crippen molar-refractivity contribution < 1.29 is 14.5 Å². The van der Waals surface area contributed by atoms with E-state index in [4.69, 9.17) is 4.74 Å². The Hall–Kier alpha value is -4.15. The molecule has 3 rings (SSSR count). The van der Waals surface area contributed by atoms with E-state index in [2.05, 4.69) is 30.8 Å². The summed E-state index contributed by atoms with van der Waals surface area (Å²) in [5, 5.41) is 11.4. The van der Waals surface area contributed by atoms with E-state index in [1.165, 1.54) is 30.9 Å². The van der Waals surface area contributed by atoms with Crippen molar-refractivity contribution in [2.45, 2.75) is 0 Å². The van der Waals surface area contributed by atoms with E-state index in [0.29, 0.717) is 0 Å². The largest absolute Gasteiger partial charge is 0.432 e. The number of pyridine rings is 2. The molecule has 0 fully saturated rings. The molecule has 1 amide bonds. The van der Waals surface area contributed by atoms with Crippen molar-refractivity contribution in [1.29, 1.82) is 0 Å². The second kappa shape index (κ2) is 7.61. The van der Waals surface area contributed by atoms with Gasteiger partial charge in [0.15, 0.2) is 0 Å². The zero-order valence-corrected chi connectivity index (χ0v) is 13.1. The van der Waals surface area contributed by atoms with E-state index < -0.39 is 16.5 Å². The van der Waals surface area contributed by atoms with E-state index in [9.17, 15) is 14.9 Å². The Morgan fingerprint density at radius 1 is 1.12 bits per heavy atom. The number of nitrogens with zero attached hydrogens (tertiary/aromatic N) is 5. The van der Waals surface area contributed by atoms with Gasteiger partial charge in [-0.1, -0.05) is 0 Å². The van der Waals surface area contributed by atoms with Gasteiger partial charge in [0, 0.05) is 18.6 Å². The summed E-state index contributed by atoms with van der Waals surface area (Å²) in [6.45, 7) is 0. The number of anilines is 1. The molecule has 0 bridgehead atoms. The lowest BCUT2D eigenvalue weighted by atomic mass is 10.3. The molecule has 2 N–H and O–H groups in total. The Balaban J connectivity index is 1.82. The molecule has 0 radical (unpaired) electrons. The zero-order chi connectivity index (χ0) is 18.4. The van der Waals surface area contributed by atoms with E-state index in [0.717, 1.165) is 6.33 Å². The van der Waals surface area contributed by atoms with E-state index >= 15 is 0 Å². The number of hydrogen-bond acceptors (Lipinski definition) is 9. The molecule has 3 aromatic rings. The fourth-order valence-electron chi connectivity index (χ4n) is 1.90. The third kappa shape index (κ3) is 3.84. The number of rotatable bonds is 6. The summed E-state index contributed by atoms with van der Waals surface area (Å²) in [5.74, 6) is -0.808. The van der Waals surface area contributed by atoms with E-state index in [1.54, 1.807) is 18.2 Å². The third-order valence-electron chi connectivity index (χ3n) is 3.04. The lowest BCUT2D eigenvalue weighted by Crippen LogP contribution is -2.30. The van der Waals surface area contributed by atoms with Gasteiger partial charge in [-0.15, -0.1) is 0 Å². The molecule has 0 saturated heterocycles. The molecule has 11 heteroatoms. The summed E-state index contributed by atoms with van der Waals surface area (Å²) < 4.78 is 5.38. The summed E-state index contributed by atoms with van der Waals surface area (Å²) >= 11 is 0. The van der Waals surface area contributed by atoms with Crippen LogP contribution in [0.1, 0.15) is 10.4 Å². The predicted octanol–water partition coefficient (Wildman–Crippen LogP) is 1.72. The summed E-state index contributed by atoms with van der Waals surface area (Å²) in [6, 6.07) is 6.29. The third-order valence-corrected chi connectivity index (χ3v) is 3.04. The van der Waals surface area contributed by atoms with Crippen LogP contribution in [-0.4, -0.2) is 30.8 Å². The van der Waals surface area contributed by atoms with Gasteiger partial charge >= 0.3 is 11.6 Å². The van der Waals surface area contributed by atoms with Crippen LogP contribution in [-0.2, 0) is 0 Å². The highest BCUT2D eigenvalue weighted by molar-refractivity contribution is 5.94. The molecule has 0 aliphatic rings. The van der Waals surface area contributed by atoms with Crippen LogP contribution in [0, 0.1) is 10.1 Å². The van der Waals surface area contributed by atoms with Crippen molar-refractivity contribution in [3.05, 3.63) is 71.1 Å². The molecule has 0 aliphatic heterocycles. The number of ether oxygens (including phenoxy) is 1. The Morgan fingerprint density at radius 3 is 2.54 bits per heavy atom. The molecular weight excluding hydrogens is 342 g/mol. The predicted molar refractivity (Wildman–Crippen MR) is 88.3 cm³/mol. The van der Waals surface area contributed by atoms with Gasteiger partial charge in [-0.3, -0.25) is 35.7 Å². The molecule has 26 heavy (non-hydrogen) atoms. The molecule has 11 nitrogen and oxygen atoms in total. The maximum absolute atomic E-state index is 12.0. The van der Waals surface area contributed by atoms with Gasteiger partial charge in [-0.05, 0) is 24.3 Å². The zero-order valence-electron chi connectivity index (χ0n) is 13.1. The summed E-state index contributed by atoms with van der Waals surface area (Å²) in [5.41, 5.74) is 4.44. The van der Waals surface area contributed by atoms with Crippen LogP contribution >= 0.6 is 0 Å². The fourth-order valence-corrected chi connectivity index (χ4v) is 1.90. The smallest absolute Gasteiger partial charge is 0.374 e. The topological polar surface area (TPSA) is 145 Å². The lowest BCUT2D eigenvalue weighted by molar-refractivity contribution is -0.385. The molecule has 0 spiro atoms. The maximum atomic E-state index is 12.0. The first-order valence-corrected chi connectivity index (χ1v) is 7.19. The Kier molecular flexibility index (Phi) is 4.89. The molecular formula is C15H11N7O4. The number of nitro groups is 1. The monoisotopic (exact) mass is 353 g/mol. The van der Waals surface area contributed by atoms with Crippen molar-refractivity contribution in [2.24, 2.45) is 0 Å². The number of hydrazine groups is 1. The number of carbonyl (C=O) groups excluding carboxylic acids is 1. The number of aromatic nitrogens is 4. The van der Waals surface area contributed by atoms with E-state index in [1.807, 2.05) is 0 Å². The number of hydrogen-bond donors (Lipinski definition) is 2. The van der Waals surface area contributed by atoms with Crippen LogP contribution < -0.4 is 15.6 Å². The van der Waals surface area contributed by atoms with E-state index in [-0.39, 0.29) is 23.0 Å². The van der Waals surface area contributed by atoms with Gasteiger partial charge in [0.05, 0.1) is 16.7 Å². The molecule has 0 atom stereocenters. The van der Waals surface area contributed by atoms with Gasteiger partial charge < -0.3 is 4.74 Å². The first-order valence-electron chi connectivity index (χ1n) is 7.19. The van der Waals surface area contributed by atoms with Gasteiger partial charge in [0.1, 0.15) is 12.1 Å². The van der Waals surface area contributed by atoms with Crippen LogP contribution in [0.3, 0.4) is 0 Å². The number of amides is 1. The van der Waals surface area contributed by atoms with Crippen LogP contribution in [0.5, 0.6) is 11.6 Å². The second-order valence-corrected chi connectivity index (χ2v) is 4.74. The maximum Gasteiger partial charge on any atom is 0.374 e. The SMILES string of the molecule is O=C(NNc1ncnc(Oc2cccnc2)c1[N+](=O)[O-])c1cccnc1. The normalized spacial score (nSPS) is 10.0. The highest BCUT2D eigenvalue weighted by Gasteiger charge is 2.25. The Labute approximate surface area is 146 Å². The van der Waals surface area contributed by atoms with Crippen molar-refractivity contribution in [2.75, 3.05) is 5.43 Å². The molecule has 0 saturated carbocycles. The van der Waals surface area contributed by atoms with Crippen LogP contribution in [0.15, 0.2) is 55.4 Å². The minimum atomic E-state index is -0.718. The standard InChI is InChI=1S/C15H11N7O4/c23-14(10-3-1-5-16-7-10)21-20-13-12(22(24)25)15(19-9-18-13)26-11-4-2-6-17-8-11/h1-9H,(H,21,23)(H,18,19,20). The number of carbonyl (C=O) groups is 1. The second-order valence-electron chi connectivity index (χ2n) is 4.74. The molecule has 0 unspecified atom stereocenters. The number of nitrogens with one attached hydrogen (secondary N) is 2. The lowest BCUT2D eigenvalue weighted by Gasteiger charge is -2.10. The first-order chi connectivity index (χ1) is 12.6. The Bertz CT molecular complexity index is 922. The van der Waals surface area contributed by atoms with Crippen molar-refractivity contribution in [3.8, 4) is 11.6 Å². The van der Waals surface area contributed by atoms with Crippen LogP contribution in [0.4, 0.5) is 11.5 Å². The van der Waals surface area contributed by atoms with Gasteiger partial charge in [-0.2, -0.15) is 4.98 Å². The first kappa shape index (κ1) is 16.7. The highest BCUT2D eigenvalue weighted by Crippen LogP contribution is 2.33. The summed E-state index contributed by atoms with van der Waals surface area (Å²) in [7, 11) is 0. The summed E-state index contributed by atoms with van der Waals surface area (Å²) in [6.07, 6.45) is 6.84. The minimum absolute atomic E-state index is 0.235. The molecule has 3 aromatic heterocycles. The van der Waals surface area contributed by atoms with Gasteiger partial charge in [-0.25, -0.2) is 4.98 Å². The highest BCUT2D eigenvalue weighted by atomic mass is 16.6. The molecule has 3 heterocycles. The molecule has 0 aliphatic carbocycles. The Morgan fingerprint density at radius 2 is 1.88 bits per heavy atom. The summed E-state index contributed by atoms with van der Waals surface area (Å²) in [4.78, 5) is 37.9.